The van der Waals surface area contributed by atoms with Gasteiger partial charge in [-0.1, -0.05) is 43.6 Å². The highest BCUT2D eigenvalue weighted by atomic mass is 35.5. The summed E-state index contributed by atoms with van der Waals surface area (Å²) < 4.78 is 0. The Labute approximate surface area is 132 Å². The summed E-state index contributed by atoms with van der Waals surface area (Å²) in [7, 11) is 0. The normalized spacial score (nSPS) is 14.9. The zero-order valence-electron chi connectivity index (χ0n) is 13.2. The van der Waals surface area contributed by atoms with E-state index in [2.05, 4.69) is 36.4 Å². The summed E-state index contributed by atoms with van der Waals surface area (Å²) in [5, 5.41) is 17.3. The van der Waals surface area contributed by atoms with Crippen molar-refractivity contribution in [2.24, 2.45) is 10.9 Å². The Kier molecular flexibility index (Phi) is 7.54. The molecule has 0 heterocycles. The van der Waals surface area contributed by atoms with Crippen molar-refractivity contribution >= 4 is 17.6 Å². The van der Waals surface area contributed by atoms with Gasteiger partial charge in [-0.05, 0) is 25.8 Å². The van der Waals surface area contributed by atoms with Crippen LogP contribution in [-0.2, 0) is 0 Å². The molecule has 0 aliphatic heterocycles. The van der Waals surface area contributed by atoms with Crippen molar-refractivity contribution in [3.63, 3.8) is 0 Å². The van der Waals surface area contributed by atoms with Crippen molar-refractivity contribution in [3.05, 3.63) is 34.9 Å². The van der Waals surface area contributed by atoms with Crippen LogP contribution in [0.3, 0.4) is 0 Å². The van der Waals surface area contributed by atoms with Crippen LogP contribution in [0.15, 0.2) is 29.3 Å². The molecule has 0 bridgehead atoms. The second-order valence-corrected chi connectivity index (χ2v) is 5.84. The summed E-state index contributed by atoms with van der Waals surface area (Å²) in [6.07, 6.45) is -0.705. The molecule has 3 N–H and O–H groups in total. The molecule has 2 unspecified atom stereocenters. The summed E-state index contributed by atoms with van der Waals surface area (Å²) in [5.41, 5.74) is 0.704. The standard InChI is InChI=1S/C16H26ClN3O/c1-5-18-16(20-12(4)11(2)3)19-10-15(21)13-8-6-7-9-14(13)17/h6-9,11-12,15,21H,5,10H2,1-4H3,(H2,18,19,20). The van der Waals surface area contributed by atoms with Gasteiger partial charge in [-0.25, -0.2) is 0 Å². The van der Waals surface area contributed by atoms with E-state index < -0.39 is 6.10 Å². The zero-order chi connectivity index (χ0) is 15.8. The number of rotatable bonds is 6. The van der Waals surface area contributed by atoms with Gasteiger partial charge in [0, 0.05) is 23.2 Å². The number of aliphatic hydroxyl groups is 1. The Balaban J connectivity index is 2.71. The molecule has 0 saturated carbocycles. The minimum absolute atomic E-state index is 0.268. The maximum atomic E-state index is 10.2. The van der Waals surface area contributed by atoms with E-state index in [9.17, 15) is 5.11 Å². The summed E-state index contributed by atoms with van der Waals surface area (Å²) >= 11 is 6.08. The fraction of sp³-hybridized carbons (Fsp3) is 0.562. The van der Waals surface area contributed by atoms with Crippen LogP contribution in [-0.4, -0.2) is 30.2 Å². The molecule has 4 nitrogen and oxygen atoms in total. The van der Waals surface area contributed by atoms with Gasteiger partial charge in [-0.3, -0.25) is 4.99 Å². The smallest absolute Gasteiger partial charge is 0.191 e. The number of nitrogens with one attached hydrogen (secondary N) is 2. The van der Waals surface area contributed by atoms with Crippen molar-refractivity contribution < 1.29 is 5.11 Å². The predicted octanol–water partition coefficient (Wildman–Crippen LogP) is 2.97. The number of benzene rings is 1. The minimum atomic E-state index is -0.705. The fourth-order valence-corrected chi connectivity index (χ4v) is 1.99. The quantitative estimate of drug-likeness (QED) is 0.559. The van der Waals surface area contributed by atoms with Gasteiger partial charge in [0.1, 0.15) is 6.10 Å². The summed E-state index contributed by atoms with van der Waals surface area (Å²) in [6, 6.07) is 7.60. The third-order valence-electron chi connectivity index (χ3n) is 3.40. The molecule has 1 aromatic carbocycles. The molecule has 0 aliphatic carbocycles. The molecule has 0 aliphatic rings. The lowest BCUT2D eigenvalue weighted by atomic mass is 10.1. The van der Waals surface area contributed by atoms with E-state index >= 15 is 0 Å². The van der Waals surface area contributed by atoms with Gasteiger partial charge < -0.3 is 15.7 Å². The summed E-state index contributed by atoms with van der Waals surface area (Å²) in [5.74, 6) is 1.21. The molecule has 0 aromatic heterocycles. The summed E-state index contributed by atoms with van der Waals surface area (Å²) in [6.45, 7) is 9.48. The average molecular weight is 312 g/mol. The van der Waals surface area contributed by atoms with Gasteiger partial charge in [0.15, 0.2) is 5.96 Å². The molecule has 0 amide bonds. The molecule has 1 aromatic rings. The fourth-order valence-electron chi connectivity index (χ4n) is 1.72. The number of hydrogen-bond acceptors (Lipinski definition) is 2. The van der Waals surface area contributed by atoms with Crippen LogP contribution < -0.4 is 10.6 Å². The van der Waals surface area contributed by atoms with Crippen molar-refractivity contribution in [3.8, 4) is 0 Å². The van der Waals surface area contributed by atoms with Gasteiger partial charge in [0.2, 0.25) is 0 Å². The molecule has 0 spiro atoms. The van der Waals surface area contributed by atoms with E-state index in [1.807, 2.05) is 25.1 Å². The van der Waals surface area contributed by atoms with Gasteiger partial charge in [0.25, 0.3) is 0 Å². The Morgan fingerprint density at radius 3 is 2.52 bits per heavy atom. The molecule has 118 valence electrons. The lowest BCUT2D eigenvalue weighted by molar-refractivity contribution is 0.187. The van der Waals surface area contributed by atoms with Crippen LogP contribution in [0, 0.1) is 5.92 Å². The van der Waals surface area contributed by atoms with Crippen LogP contribution in [0.25, 0.3) is 0 Å². The first-order valence-electron chi connectivity index (χ1n) is 7.43. The molecular weight excluding hydrogens is 286 g/mol. The first-order chi connectivity index (χ1) is 9.95. The minimum Gasteiger partial charge on any atom is -0.386 e. The van der Waals surface area contributed by atoms with E-state index in [4.69, 9.17) is 11.6 Å². The van der Waals surface area contributed by atoms with Crippen molar-refractivity contribution in [1.82, 2.24) is 10.6 Å². The lowest BCUT2D eigenvalue weighted by Crippen LogP contribution is -2.44. The third kappa shape index (κ3) is 5.94. The lowest BCUT2D eigenvalue weighted by Gasteiger charge is -2.21. The van der Waals surface area contributed by atoms with Crippen LogP contribution in [0.4, 0.5) is 0 Å². The Bertz CT molecular complexity index is 463. The van der Waals surface area contributed by atoms with Crippen LogP contribution >= 0.6 is 11.6 Å². The Morgan fingerprint density at radius 2 is 1.95 bits per heavy atom. The largest absolute Gasteiger partial charge is 0.386 e. The van der Waals surface area contributed by atoms with E-state index in [0.717, 1.165) is 6.54 Å². The molecule has 0 saturated heterocycles. The monoisotopic (exact) mass is 311 g/mol. The first-order valence-corrected chi connectivity index (χ1v) is 7.80. The maximum Gasteiger partial charge on any atom is 0.191 e. The van der Waals surface area contributed by atoms with E-state index in [-0.39, 0.29) is 6.54 Å². The molecule has 2 atom stereocenters. The predicted molar refractivity (Wildman–Crippen MR) is 89.8 cm³/mol. The number of aliphatic hydroxyl groups excluding tert-OH is 1. The Morgan fingerprint density at radius 1 is 1.29 bits per heavy atom. The Hall–Kier alpha value is -1.26. The van der Waals surface area contributed by atoms with Gasteiger partial charge >= 0.3 is 0 Å². The van der Waals surface area contributed by atoms with Crippen molar-refractivity contribution in [2.75, 3.05) is 13.1 Å². The van der Waals surface area contributed by atoms with Gasteiger partial charge in [0.05, 0.1) is 6.54 Å². The number of halogens is 1. The third-order valence-corrected chi connectivity index (χ3v) is 3.74. The topological polar surface area (TPSA) is 56.7 Å². The van der Waals surface area contributed by atoms with E-state index in [1.165, 1.54) is 0 Å². The molecular formula is C16H26ClN3O. The van der Waals surface area contributed by atoms with E-state index in [0.29, 0.717) is 28.5 Å². The van der Waals surface area contributed by atoms with Gasteiger partial charge in [-0.15, -0.1) is 0 Å². The molecule has 0 radical (unpaired) electrons. The highest BCUT2D eigenvalue weighted by Crippen LogP contribution is 2.22. The van der Waals surface area contributed by atoms with Crippen molar-refractivity contribution in [2.45, 2.75) is 39.8 Å². The van der Waals surface area contributed by atoms with E-state index in [1.54, 1.807) is 6.07 Å². The number of guanidine groups is 1. The average Bonchev–Trinajstić information content (AvgIpc) is 2.45. The maximum absolute atomic E-state index is 10.2. The van der Waals surface area contributed by atoms with Gasteiger partial charge in [-0.2, -0.15) is 0 Å². The van der Waals surface area contributed by atoms with Crippen molar-refractivity contribution in [1.29, 1.82) is 0 Å². The van der Waals surface area contributed by atoms with Crippen LogP contribution in [0.5, 0.6) is 0 Å². The van der Waals surface area contributed by atoms with Crippen LogP contribution in [0.2, 0.25) is 5.02 Å². The second-order valence-electron chi connectivity index (χ2n) is 5.43. The zero-order valence-corrected chi connectivity index (χ0v) is 14.0. The number of aliphatic imine (C=N–C) groups is 1. The number of nitrogens with zero attached hydrogens (tertiary/aromatic N) is 1. The highest BCUT2D eigenvalue weighted by Gasteiger charge is 2.12. The molecule has 1 rings (SSSR count). The molecule has 21 heavy (non-hydrogen) atoms. The molecule has 0 fully saturated rings. The van der Waals surface area contributed by atoms with Crippen LogP contribution in [0.1, 0.15) is 39.4 Å². The highest BCUT2D eigenvalue weighted by molar-refractivity contribution is 6.31. The number of hydrogen-bond donors (Lipinski definition) is 3. The SMILES string of the molecule is CCNC(=NCC(O)c1ccccc1Cl)NC(C)C(C)C. The first kappa shape index (κ1) is 17.8. The second kappa shape index (κ2) is 8.90. The summed E-state index contributed by atoms with van der Waals surface area (Å²) in [4.78, 5) is 4.44. The molecule has 5 heteroatoms.